The number of alkyl halides is 2. The molecule has 180 valence electrons. The minimum absolute atomic E-state index is 0.0886. The molecule has 0 atom stereocenters. The number of amides is 1. The Labute approximate surface area is 207 Å². The van der Waals surface area contributed by atoms with Gasteiger partial charge in [0.15, 0.2) is 11.6 Å². The predicted octanol–water partition coefficient (Wildman–Crippen LogP) is 5.54. The predicted molar refractivity (Wildman–Crippen MR) is 138 cm³/mol. The molecule has 1 aromatic rings. The van der Waals surface area contributed by atoms with Crippen LogP contribution in [0.3, 0.4) is 0 Å². The fourth-order valence-electron chi connectivity index (χ4n) is 4.26. The third-order valence-corrected chi connectivity index (χ3v) is 6.32. The summed E-state index contributed by atoms with van der Waals surface area (Å²) in [5.74, 6) is 0.616. The first-order valence-corrected chi connectivity index (χ1v) is 12.4. The molecule has 0 bridgehead atoms. The maximum atomic E-state index is 13.2. The van der Waals surface area contributed by atoms with Crippen LogP contribution in [0.5, 0.6) is 0 Å². The molecule has 0 saturated carbocycles. The molecule has 0 heterocycles. The number of allylic oxidation sites excluding steroid dienone is 4. The quantitative estimate of drug-likeness (QED) is 0.300. The van der Waals surface area contributed by atoms with Gasteiger partial charge in [-0.25, -0.2) is 0 Å². The first-order chi connectivity index (χ1) is 15.6. The summed E-state index contributed by atoms with van der Waals surface area (Å²) >= 11 is 11.8. The standard InChI is InChI=1S/C26H34Cl2N2O3/c1-6-7-21-24(22(31)16-18(2)25(21)33)26(3,4)17-23(32)29(5)19-8-10-20(11-9-19)30(14-12-27)15-13-28/h8-11,16H,6-7,12-15,17H2,1-5H3. The zero-order chi connectivity index (χ0) is 24.8. The number of anilines is 2. The van der Waals surface area contributed by atoms with E-state index >= 15 is 0 Å². The normalized spacial score (nSPS) is 14.5. The van der Waals surface area contributed by atoms with Crippen molar-refractivity contribution in [2.75, 3.05) is 41.7 Å². The Bertz CT molecular complexity index is 943. The molecule has 0 N–H and O–H groups in total. The van der Waals surface area contributed by atoms with Gasteiger partial charge in [0.2, 0.25) is 5.91 Å². The summed E-state index contributed by atoms with van der Waals surface area (Å²) in [5.41, 5.74) is 2.45. The molecule has 1 aliphatic carbocycles. The number of hydrogen-bond donors (Lipinski definition) is 0. The highest BCUT2D eigenvalue weighted by Crippen LogP contribution is 2.39. The molecule has 5 nitrogen and oxygen atoms in total. The number of nitrogens with zero attached hydrogens (tertiary/aromatic N) is 2. The summed E-state index contributed by atoms with van der Waals surface area (Å²) in [6, 6.07) is 7.67. The summed E-state index contributed by atoms with van der Waals surface area (Å²) in [6.07, 6.45) is 2.80. The Kier molecular flexibility index (Phi) is 9.74. The van der Waals surface area contributed by atoms with E-state index in [1.165, 1.54) is 6.08 Å². The summed E-state index contributed by atoms with van der Waals surface area (Å²) in [6.45, 7) is 8.75. The van der Waals surface area contributed by atoms with Crippen molar-refractivity contribution in [3.05, 3.63) is 47.1 Å². The van der Waals surface area contributed by atoms with Crippen LogP contribution in [-0.2, 0) is 14.4 Å². The topological polar surface area (TPSA) is 57.7 Å². The van der Waals surface area contributed by atoms with Crippen molar-refractivity contribution < 1.29 is 14.4 Å². The highest BCUT2D eigenvalue weighted by atomic mass is 35.5. The molecule has 0 saturated heterocycles. The van der Waals surface area contributed by atoms with Gasteiger partial charge in [0, 0.05) is 71.8 Å². The van der Waals surface area contributed by atoms with Gasteiger partial charge in [0.05, 0.1) is 0 Å². The maximum Gasteiger partial charge on any atom is 0.227 e. The van der Waals surface area contributed by atoms with Crippen LogP contribution in [0.4, 0.5) is 11.4 Å². The number of carbonyl (C=O) groups is 3. The van der Waals surface area contributed by atoms with Gasteiger partial charge in [0.1, 0.15) is 0 Å². The molecular formula is C26H34Cl2N2O3. The number of ketones is 2. The van der Waals surface area contributed by atoms with Gasteiger partial charge >= 0.3 is 0 Å². The Hall–Kier alpha value is -2.11. The average molecular weight is 493 g/mol. The molecule has 0 aliphatic heterocycles. The van der Waals surface area contributed by atoms with E-state index in [1.807, 2.05) is 45.0 Å². The smallest absolute Gasteiger partial charge is 0.227 e. The minimum atomic E-state index is -0.767. The SMILES string of the molecule is CCCC1=C(C(C)(C)CC(=O)N(C)c2ccc(N(CCCl)CCCl)cc2)C(=O)C=C(C)C1=O. The fraction of sp³-hybridized carbons (Fsp3) is 0.500. The molecule has 1 aromatic carbocycles. The third-order valence-electron chi connectivity index (χ3n) is 5.98. The third kappa shape index (κ3) is 6.48. The van der Waals surface area contributed by atoms with Gasteiger partial charge in [-0.1, -0.05) is 27.2 Å². The maximum absolute atomic E-state index is 13.2. The summed E-state index contributed by atoms with van der Waals surface area (Å²) < 4.78 is 0. The van der Waals surface area contributed by atoms with E-state index in [1.54, 1.807) is 18.9 Å². The van der Waals surface area contributed by atoms with Crippen molar-refractivity contribution >= 4 is 52.1 Å². The van der Waals surface area contributed by atoms with Crippen molar-refractivity contribution in [3.8, 4) is 0 Å². The van der Waals surface area contributed by atoms with E-state index in [9.17, 15) is 14.4 Å². The number of Topliss-reactive ketones (excluding diaryl/α,β-unsaturated/α-hetero) is 1. The lowest BCUT2D eigenvalue weighted by Gasteiger charge is -2.32. The molecule has 0 aromatic heterocycles. The van der Waals surface area contributed by atoms with Gasteiger partial charge in [0.25, 0.3) is 0 Å². The molecule has 0 spiro atoms. The van der Waals surface area contributed by atoms with Crippen LogP contribution in [0, 0.1) is 5.41 Å². The number of carbonyl (C=O) groups excluding carboxylic acids is 3. The van der Waals surface area contributed by atoms with Crippen molar-refractivity contribution in [1.82, 2.24) is 0 Å². The second kappa shape index (κ2) is 11.8. The van der Waals surface area contributed by atoms with Crippen LogP contribution in [0.15, 0.2) is 47.1 Å². The lowest BCUT2D eigenvalue weighted by Crippen LogP contribution is -2.35. The van der Waals surface area contributed by atoms with Crippen LogP contribution in [-0.4, -0.2) is 49.4 Å². The zero-order valence-corrected chi connectivity index (χ0v) is 21.7. The zero-order valence-electron chi connectivity index (χ0n) is 20.2. The van der Waals surface area contributed by atoms with Crippen molar-refractivity contribution in [3.63, 3.8) is 0 Å². The molecule has 0 radical (unpaired) electrons. The first kappa shape index (κ1) is 27.1. The van der Waals surface area contributed by atoms with E-state index in [2.05, 4.69) is 4.90 Å². The molecule has 1 aliphatic rings. The Balaban J connectivity index is 2.24. The molecule has 33 heavy (non-hydrogen) atoms. The molecular weight excluding hydrogens is 459 g/mol. The monoisotopic (exact) mass is 492 g/mol. The summed E-state index contributed by atoms with van der Waals surface area (Å²) in [5, 5.41) is 0. The van der Waals surface area contributed by atoms with Crippen LogP contribution in [0.2, 0.25) is 0 Å². The van der Waals surface area contributed by atoms with Gasteiger partial charge in [-0.15, -0.1) is 23.2 Å². The molecule has 1 amide bonds. The lowest BCUT2D eigenvalue weighted by molar-refractivity contribution is -0.120. The van der Waals surface area contributed by atoms with Crippen molar-refractivity contribution in [1.29, 1.82) is 0 Å². The largest absolute Gasteiger partial charge is 0.369 e. The summed E-state index contributed by atoms with van der Waals surface area (Å²) in [7, 11) is 1.72. The summed E-state index contributed by atoms with van der Waals surface area (Å²) in [4.78, 5) is 42.5. The highest BCUT2D eigenvalue weighted by Gasteiger charge is 2.37. The average Bonchev–Trinajstić information content (AvgIpc) is 2.76. The molecule has 7 heteroatoms. The van der Waals surface area contributed by atoms with E-state index in [0.29, 0.717) is 48.0 Å². The second-order valence-corrected chi connectivity index (χ2v) is 9.78. The fourth-order valence-corrected chi connectivity index (χ4v) is 4.66. The lowest BCUT2D eigenvalue weighted by atomic mass is 9.72. The molecule has 2 rings (SSSR count). The molecule has 0 unspecified atom stereocenters. The van der Waals surface area contributed by atoms with Gasteiger partial charge in [-0.3, -0.25) is 14.4 Å². The Morgan fingerprint density at radius 2 is 1.55 bits per heavy atom. The van der Waals surface area contributed by atoms with Crippen LogP contribution < -0.4 is 9.80 Å². The van der Waals surface area contributed by atoms with Crippen molar-refractivity contribution in [2.24, 2.45) is 5.41 Å². The highest BCUT2D eigenvalue weighted by molar-refractivity contribution is 6.23. The second-order valence-electron chi connectivity index (χ2n) is 9.02. The Morgan fingerprint density at radius 1 is 1.00 bits per heavy atom. The Morgan fingerprint density at radius 3 is 2.06 bits per heavy atom. The first-order valence-electron chi connectivity index (χ1n) is 11.3. The van der Waals surface area contributed by atoms with Crippen molar-refractivity contribution in [2.45, 2.75) is 47.0 Å². The van der Waals surface area contributed by atoms with E-state index in [-0.39, 0.29) is 23.9 Å². The van der Waals surface area contributed by atoms with E-state index in [4.69, 9.17) is 23.2 Å². The van der Waals surface area contributed by atoms with Gasteiger partial charge in [-0.05, 0) is 43.7 Å². The number of rotatable bonds is 11. The number of halogens is 2. The van der Waals surface area contributed by atoms with Gasteiger partial charge < -0.3 is 9.80 Å². The number of hydrogen-bond acceptors (Lipinski definition) is 4. The molecule has 0 fully saturated rings. The van der Waals surface area contributed by atoms with Crippen LogP contribution in [0.25, 0.3) is 0 Å². The van der Waals surface area contributed by atoms with E-state index < -0.39 is 5.41 Å². The van der Waals surface area contributed by atoms with Gasteiger partial charge in [-0.2, -0.15) is 0 Å². The van der Waals surface area contributed by atoms with Crippen LogP contribution >= 0.6 is 23.2 Å². The number of benzene rings is 1. The van der Waals surface area contributed by atoms with Crippen LogP contribution in [0.1, 0.15) is 47.0 Å². The minimum Gasteiger partial charge on any atom is -0.369 e. The van der Waals surface area contributed by atoms with E-state index in [0.717, 1.165) is 17.8 Å².